The van der Waals surface area contributed by atoms with Crippen molar-refractivity contribution < 1.29 is 9.13 Å². The zero-order valence-electron chi connectivity index (χ0n) is 31.4. The molecule has 0 fully saturated rings. The van der Waals surface area contributed by atoms with Crippen LogP contribution in [0.4, 0.5) is 0 Å². The van der Waals surface area contributed by atoms with Crippen LogP contribution in [0.5, 0.6) is 0 Å². The molecule has 7 aromatic rings. The Morgan fingerprint density at radius 1 is 0.442 bits per heavy atom. The highest BCUT2D eigenvalue weighted by molar-refractivity contribution is 6.09. The highest BCUT2D eigenvalue weighted by Gasteiger charge is 2.13. The van der Waals surface area contributed by atoms with Gasteiger partial charge in [-0.05, 0) is 106 Å². The van der Waals surface area contributed by atoms with Crippen molar-refractivity contribution in [2.75, 3.05) is 0 Å². The molecule has 0 aliphatic rings. The Kier molecular flexibility index (Phi) is 11.9. The summed E-state index contributed by atoms with van der Waals surface area (Å²) in [5.74, 6) is 0. The summed E-state index contributed by atoms with van der Waals surface area (Å²) < 4.78 is 9.11. The first kappa shape index (κ1) is 35.4. The predicted octanol–water partition coefficient (Wildman–Crippen LogP) is 12.2. The smallest absolute Gasteiger partial charge is 0.236 e. The van der Waals surface area contributed by atoms with Crippen LogP contribution in [0.1, 0.15) is 90.9 Å². The Bertz CT molecular complexity index is 2010. The van der Waals surface area contributed by atoms with Crippen LogP contribution in [-0.4, -0.2) is 9.13 Å². The van der Waals surface area contributed by atoms with Crippen molar-refractivity contribution in [2.24, 2.45) is 0 Å². The van der Waals surface area contributed by atoms with Gasteiger partial charge in [0.25, 0.3) is 0 Å². The Labute approximate surface area is 311 Å². The second-order valence-corrected chi connectivity index (χ2v) is 14.7. The van der Waals surface area contributed by atoms with Gasteiger partial charge in [-0.3, -0.25) is 0 Å². The summed E-state index contributed by atoms with van der Waals surface area (Å²) in [5.41, 5.74) is 7.39. The Morgan fingerprint density at radius 3 is 1.31 bits per heavy atom. The summed E-state index contributed by atoms with van der Waals surface area (Å²) in [6.45, 7) is 6.72. The fourth-order valence-corrected chi connectivity index (χ4v) is 7.69. The van der Waals surface area contributed by atoms with Crippen LogP contribution < -0.4 is 9.13 Å². The van der Waals surface area contributed by atoms with Gasteiger partial charge in [-0.15, -0.1) is 0 Å². The van der Waals surface area contributed by atoms with Crippen molar-refractivity contribution >= 4 is 21.5 Å². The van der Waals surface area contributed by atoms with Gasteiger partial charge in [-0.25, -0.2) is 18.3 Å². The number of hydrogen-bond acceptors (Lipinski definition) is 0. The molecule has 5 aromatic carbocycles. The highest BCUT2D eigenvalue weighted by Crippen LogP contribution is 2.36. The Hall–Kier alpha value is -4.96. The fraction of sp³-hybridized carbons (Fsp3) is 0.333. The lowest BCUT2D eigenvalue weighted by atomic mass is 9.92. The number of fused-ring (bicyclic) bond motifs is 2. The third kappa shape index (κ3) is 8.56. The molecule has 0 spiro atoms. The lowest BCUT2D eigenvalue weighted by Crippen LogP contribution is -2.30. The van der Waals surface area contributed by atoms with Crippen LogP contribution in [0.3, 0.4) is 0 Å². The summed E-state index contributed by atoms with van der Waals surface area (Å²) >= 11 is 0. The van der Waals surface area contributed by atoms with Gasteiger partial charge in [-0.1, -0.05) is 126 Å². The van der Waals surface area contributed by atoms with E-state index < -0.39 is 0 Å². The van der Waals surface area contributed by atoms with E-state index in [1.807, 2.05) is 0 Å². The first-order valence-corrected chi connectivity index (χ1v) is 20.0. The topological polar surface area (TPSA) is 17.6 Å². The summed E-state index contributed by atoms with van der Waals surface area (Å²) in [4.78, 5) is 0. The molecule has 0 unspecified atom stereocenters. The molecule has 0 aliphatic carbocycles. The summed E-state index contributed by atoms with van der Waals surface area (Å²) in [6, 6.07) is 36.2. The number of unbranched alkanes of at least 4 members (excludes halogenated alkanes) is 10. The van der Waals surface area contributed by atoms with Crippen molar-refractivity contribution in [2.45, 2.75) is 104 Å². The molecule has 52 heavy (non-hydrogen) atoms. The molecule has 0 amide bonds. The van der Waals surface area contributed by atoms with E-state index in [1.54, 1.807) is 0 Å². The van der Waals surface area contributed by atoms with E-state index in [9.17, 15) is 0 Å². The van der Waals surface area contributed by atoms with E-state index in [0.29, 0.717) is 0 Å². The van der Waals surface area contributed by atoms with Crippen molar-refractivity contribution in [1.29, 1.82) is 0 Å². The summed E-state index contributed by atoms with van der Waals surface area (Å²) in [6.07, 6.45) is 29.1. The van der Waals surface area contributed by atoms with Crippen molar-refractivity contribution in [3.63, 3.8) is 0 Å². The zero-order chi connectivity index (χ0) is 35.5. The van der Waals surface area contributed by atoms with Crippen LogP contribution in [0.15, 0.2) is 135 Å². The van der Waals surface area contributed by atoms with Gasteiger partial charge in [0.15, 0.2) is 0 Å². The number of aryl methyl sites for hydroxylation is 2. The lowest BCUT2D eigenvalue weighted by Gasteiger charge is -2.12. The summed E-state index contributed by atoms with van der Waals surface area (Å²) in [5, 5.41) is 5.10. The van der Waals surface area contributed by atoms with Gasteiger partial charge in [0, 0.05) is 0 Å². The van der Waals surface area contributed by atoms with Gasteiger partial charge >= 0.3 is 0 Å². The van der Waals surface area contributed by atoms with E-state index >= 15 is 0 Å². The van der Waals surface area contributed by atoms with E-state index in [1.165, 1.54) is 132 Å². The third-order valence-electron chi connectivity index (χ3n) is 10.8. The molecule has 0 bridgehead atoms. The number of aromatic nitrogens is 4. The van der Waals surface area contributed by atoms with Gasteiger partial charge in [0.05, 0.1) is 13.1 Å². The van der Waals surface area contributed by atoms with Gasteiger partial charge in [-0.2, -0.15) is 0 Å². The molecule has 0 radical (unpaired) electrons. The average molecular weight is 689 g/mol. The predicted molar refractivity (Wildman–Crippen MR) is 218 cm³/mol. The fourth-order valence-electron chi connectivity index (χ4n) is 7.69. The molecule has 0 saturated carbocycles. The van der Waals surface area contributed by atoms with Crippen LogP contribution in [0.25, 0.3) is 55.2 Å². The first-order valence-electron chi connectivity index (χ1n) is 20.0. The second kappa shape index (κ2) is 17.5. The molecule has 0 saturated heterocycles. The number of hydrogen-bond donors (Lipinski definition) is 0. The third-order valence-corrected chi connectivity index (χ3v) is 10.8. The number of benzene rings is 5. The molecule has 4 heteroatoms. The average Bonchev–Trinajstić information content (AvgIpc) is 3.87. The molecule has 4 nitrogen and oxygen atoms in total. The lowest BCUT2D eigenvalue weighted by molar-refractivity contribution is -0.696. The van der Waals surface area contributed by atoms with E-state index in [4.69, 9.17) is 0 Å². The van der Waals surface area contributed by atoms with Gasteiger partial charge in [0.1, 0.15) is 36.2 Å². The molecule has 7 rings (SSSR count). The summed E-state index contributed by atoms with van der Waals surface area (Å²) in [7, 11) is 0. The van der Waals surface area contributed by atoms with E-state index in [2.05, 4.69) is 167 Å². The molecule has 2 heterocycles. The minimum atomic E-state index is 1.08. The van der Waals surface area contributed by atoms with Crippen molar-refractivity contribution in [1.82, 2.24) is 9.13 Å². The minimum Gasteiger partial charge on any atom is -0.236 e. The maximum atomic E-state index is 2.41. The highest BCUT2D eigenvalue weighted by atomic mass is 15.1. The molecule has 0 N–H and O–H groups in total. The molecular formula is C48H56N4+2. The Morgan fingerprint density at radius 2 is 0.865 bits per heavy atom. The number of rotatable bonds is 18. The van der Waals surface area contributed by atoms with Gasteiger partial charge in [0.2, 0.25) is 12.7 Å². The largest absolute Gasteiger partial charge is 0.248 e. The monoisotopic (exact) mass is 688 g/mol. The van der Waals surface area contributed by atoms with Crippen LogP contribution in [-0.2, 0) is 13.1 Å². The standard InChI is InChI=1S/C48H56N4/c1-3-5-7-9-11-13-29-49-31-33-51(37-49)43-25-21-39(22-26-43)45-19-15-17-41-35-42-18-16-20-46(48(42)36-47(41)45)40-23-27-44(28-24-40)52-34-32-50(38-52)30-14-12-10-8-6-4-2/h15-28,31-38H,3-14,29-30H2,1-2H3/q+2. The maximum Gasteiger partial charge on any atom is 0.248 e. The van der Waals surface area contributed by atoms with Crippen molar-refractivity contribution in [3.05, 3.63) is 135 Å². The van der Waals surface area contributed by atoms with Crippen LogP contribution in [0.2, 0.25) is 0 Å². The normalized spacial score (nSPS) is 11.6. The van der Waals surface area contributed by atoms with Crippen molar-refractivity contribution in [3.8, 4) is 33.6 Å². The maximum absolute atomic E-state index is 2.41. The zero-order valence-corrected chi connectivity index (χ0v) is 31.4. The first-order chi connectivity index (χ1) is 25.7. The number of imidazole rings is 2. The Balaban J connectivity index is 1.07. The minimum absolute atomic E-state index is 1.08. The molecular weight excluding hydrogens is 633 g/mol. The second-order valence-electron chi connectivity index (χ2n) is 14.7. The van der Waals surface area contributed by atoms with Crippen LogP contribution in [0, 0.1) is 0 Å². The molecule has 0 atom stereocenters. The molecule has 0 aliphatic heterocycles. The number of nitrogens with zero attached hydrogens (tertiary/aromatic N) is 4. The quantitative estimate of drug-likeness (QED) is 0.0485. The molecule has 266 valence electrons. The van der Waals surface area contributed by atoms with Crippen LogP contribution >= 0.6 is 0 Å². The molecule has 2 aromatic heterocycles. The SMILES string of the molecule is CCCCCCCC[n+]1ccn(-c2ccc(-c3cccc4cc5cccc(-c6ccc(-n7cc[n+](CCCCCCCC)c7)cc6)c5cc34)cc2)c1. The van der Waals surface area contributed by atoms with E-state index in [0.717, 1.165) is 13.1 Å². The van der Waals surface area contributed by atoms with Gasteiger partial charge < -0.3 is 0 Å². The van der Waals surface area contributed by atoms with E-state index in [-0.39, 0.29) is 0 Å².